The maximum Gasteiger partial charge on any atom is 0.101 e. The maximum atomic E-state index is 2.67. The topological polar surface area (TPSA) is 6.48 Å². The Morgan fingerprint density at radius 3 is 1.16 bits per heavy atom. The highest BCUT2D eigenvalue weighted by atomic mass is 15.4. The molecule has 0 spiro atoms. The number of unbranched alkanes of at least 4 members (excludes halogenated alkanes) is 18. The molecule has 1 aliphatic heterocycles. The van der Waals surface area contributed by atoms with Crippen LogP contribution in [0.2, 0.25) is 0 Å². The largest absolute Gasteiger partial charge is 0.356 e. The van der Waals surface area contributed by atoms with Crippen molar-refractivity contribution in [2.75, 3.05) is 13.1 Å². The quantitative estimate of drug-likeness (QED) is 0.135. The van der Waals surface area contributed by atoms with Gasteiger partial charge in [0.2, 0.25) is 0 Å². The summed E-state index contributed by atoms with van der Waals surface area (Å²) in [6.07, 6.45) is 36.6. The zero-order valence-electron chi connectivity index (χ0n) is 22.6. The minimum atomic E-state index is 0.644. The van der Waals surface area contributed by atoms with Gasteiger partial charge in [0.25, 0.3) is 0 Å². The fourth-order valence-electron chi connectivity index (χ4n) is 5.13. The normalized spacial score (nSPS) is 15.9. The van der Waals surface area contributed by atoms with Crippen molar-refractivity contribution in [2.24, 2.45) is 0 Å². The van der Waals surface area contributed by atoms with Crippen LogP contribution in [-0.4, -0.2) is 29.1 Å². The molecule has 190 valence electrons. The third-order valence-corrected chi connectivity index (χ3v) is 7.32. The van der Waals surface area contributed by atoms with Crippen LogP contribution in [0.25, 0.3) is 0 Å². The number of rotatable bonds is 24. The third kappa shape index (κ3) is 15.2. The van der Waals surface area contributed by atoms with E-state index in [0.29, 0.717) is 6.17 Å². The lowest BCUT2D eigenvalue weighted by molar-refractivity contribution is 0.135. The monoisotopic (exact) mass is 448 g/mol. The third-order valence-electron chi connectivity index (χ3n) is 7.32. The Kier molecular flexibility index (Phi) is 20.3. The molecule has 2 heteroatoms. The smallest absolute Gasteiger partial charge is 0.101 e. The van der Waals surface area contributed by atoms with E-state index in [1.165, 1.54) is 154 Å². The number of hydrogen-bond acceptors (Lipinski definition) is 2. The van der Waals surface area contributed by atoms with E-state index in [2.05, 4.69) is 43.0 Å². The molecule has 2 nitrogen and oxygen atoms in total. The van der Waals surface area contributed by atoms with Crippen LogP contribution in [0.1, 0.15) is 162 Å². The second-order valence-electron chi connectivity index (χ2n) is 10.4. The van der Waals surface area contributed by atoms with Gasteiger partial charge in [-0.25, -0.2) is 0 Å². The molecule has 0 aromatic carbocycles. The first-order valence-electron chi connectivity index (χ1n) is 15.0. The van der Waals surface area contributed by atoms with Gasteiger partial charge in [0.05, 0.1) is 0 Å². The van der Waals surface area contributed by atoms with Crippen LogP contribution in [0.5, 0.6) is 0 Å². The predicted molar refractivity (Wildman–Crippen MR) is 145 cm³/mol. The predicted octanol–water partition coefficient (Wildman–Crippen LogP) is 10.0. The van der Waals surface area contributed by atoms with Crippen molar-refractivity contribution >= 4 is 0 Å². The van der Waals surface area contributed by atoms with Crippen molar-refractivity contribution in [2.45, 2.75) is 168 Å². The summed E-state index contributed by atoms with van der Waals surface area (Å²) in [7, 11) is 0. The molecule has 1 unspecified atom stereocenters. The Hall–Kier alpha value is -0.660. The van der Waals surface area contributed by atoms with Gasteiger partial charge in [-0.05, 0) is 25.7 Å². The van der Waals surface area contributed by atoms with Crippen LogP contribution >= 0.6 is 0 Å². The molecule has 0 radical (unpaired) electrons. The summed E-state index contributed by atoms with van der Waals surface area (Å²) >= 11 is 0. The van der Waals surface area contributed by atoms with Crippen LogP contribution in [-0.2, 0) is 0 Å². The average Bonchev–Trinajstić information content (AvgIpc) is 3.18. The lowest BCUT2D eigenvalue weighted by Gasteiger charge is -2.33. The molecule has 0 aromatic heterocycles. The summed E-state index contributed by atoms with van der Waals surface area (Å²) in [5, 5.41) is 0. The minimum Gasteiger partial charge on any atom is -0.356 e. The molecule has 1 aliphatic rings. The Balaban J connectivity index is 2.18. The van der Waals surface area contributed by atoms with E-state index in [4.69, 9.17) is 0 Å². The zero-order chi connectivity index (χ0) is 23.1. The molecular formula is C30H60N2. The average molecular weight is 449 g/mol. The van der Waals surface area contributed by atoms with E-state index in [1.807, 2.05) is 0 Å². The van der Waals surface area contributed by atoms with Crippen molar-refractivity contribution < 1.29 is 0 Å². The van der Waals surface area contributed by atoms with E-state index in [0.717, 1.165) is 0 Å². The summed E-state index contributed by atoms with van der Waals surface area (Å²) in [6.45, 7) is 9.44. The number of hydrogen-bond donors (Lipinski definition) is 0. The Bertz CT molecular complexity index is 406. The standard InChI is InChI=1S/C30H60N2/c1-4-7-10-12-14-15-16-17-18-20-22-25-30-31(26-23-9-6-3)28-29-32(30)27-24-21-19-13-11-8-5-2/h28-30H,4-27H2,1-3H3. The van der Waals surface area contributed by atoms with Crippen LogP contribution < -0.4 is 0 Å². The van der Waals surface area contributed by atoms with E-state index >= 15 is 0 Å². The summed E-state index contributed by atoms with van der Waals surface area (Å²) in [5.74, 6) is 0. The van der Waals surface area contributed by atoms with Crippen molar-refractivity contribution in [3.05, 3.63) is 12.4 Å². The molecule has 0 bridgehead atoms. The molecule has 32 heavy (non-hydrogen) atoms. The van der Waals surface area contributed by atoms with Gasteiger partial charge in [-0.1, -0.05) is 136 Å². The summed E-state index contributed by atoms with van der Waals surface area (Å²) < 4.78 is 0. The molecule has 0 aliphatic carbocycles. The maximum absolute atomic E-state index is 2.67. The SMILES string of the molecule is CCCCCCCCCCCCCC1N(CCCCC)C=CN1CCCCCCCCC. The Labute approximate surface area is 203 Å². The lowest BCUT2D eigenvalue weighted by atomic mass is 10.0. The first kappa shape index (κ1) is 29.4. The van der Waals surface area contributed by atoms with Crippen LogP contribution in [0.4, 0.5) is 0 Å². The lowest BCUT2D eigenvalue weighted by Crippen LogP contribution is -2.39. The molecule has 0 saturated heterocycles. The Morgan fingerprint density at radius 2 is 0.719 bits per heavy atom. The molecule has 0 N–H and O–H groups in total. The van der Waals surface area contributed by atoms with Crippen molar-refractivity contribution in [3.63, 3.8) is 0 Å². The van der Waals surface area contributed by atoms with Gasteiger partial charge in [-0.2, -0.15) is 0 Å². The summed E-state index contributed by atoms with van der Waals surface area (Å²) in [5.41, 5.74) is 0. The van der Waals surface area contributed by atoms with Crippen LogP contribution in [0.15, 0.2) is 12.4 Å². The summed E-state index contributed by atoms with van der Waals surface area (Å²) in [4.78, 5) is 5.33. The molecule has 0 amide bonds. The highest BCUT2D eigenvalue weighted by molar-refractivity contribution is 4.96. The van der Waals surface area contributed by atoms with Crippen LogP contribution in [0.3, 0.4) is 0 Å². The van der Waals surface area contributed by atoms with Gasteiger partial charge in [0.15, 0.2) is 0 Å². The van der Waals surface area contributed by atoms with Gasteiger partial charge < -0.3 is 9.80 Å². The van der Waals surface area contributed by atoms with Crippen molar-refractivity contribution in [1.82, 2.24) is 9.80 Å². The fraction of sp³-hybridized carbons (Fsp3) is 0.933. The number of nitrogens with zero attached hydrogens (tertiary/aromatic N) is 2. The molecule has 1 atom stereocenters. The highest BCUT2D eigenvalue weighted by Crippen LogP contribution is 2.23. The minimum absolute atomic E-state index is 0.644. The summed E-state index contributed by atoms with van der Waals surface area (Å²) in [6, 6.07) is 0. The van der Waals surface area contributed by atoms with Gasteiger partial charge in [-0.15, -0.1) is 0 Å². The molecule has 1 rings (SSSR count). The van der Waals surface area contributed by atoms with Crippen molar-refractivity contribution in [1.29, 1.82) is 0 Å². The fourth-order valence-corrected chi connectivity index (χ4v) is 5.13. The molecule has 0 saturated carbocycles. The van der Waals surface area contributed by atoms with Gasteiger partial charge in [0.1, 0.15) is 6.17 Å². The van der Waals surface area contributed by atoms with E-state index in [1.54, 1.807) is 0 Å². The zero-order valence-corrected chi connectivity index (χ0v) is 22.6. The van der Waals surface area contributed by atoms with Gasteiger partial charge in [0, 0.05) is 25.5 Å². The van der Waals surface area contributed by atoms with E-state index < -0.39 is 0 Å². The second kappa shape index (κ2) is 22.1. The highest BCUT2D eigenvalue weighted by Gasteiger charge is 2.24. The van der Waals surface area contributed by atoms with E-state index in [9.17, 15) is 0 Å². The molecular weight excluding hydrogens is 388 g/mol. The second-order valence-corrected chi connectivity index (χ2v) is 10.4. The van der Waals surface area contributed by atoms with Gasteiger partial charge >= 0.3 is 0 Å². The Morgan fingerprint density at radius 1 is 0.406 bits per heavy atom. The first-order valence-corrected chi connectivity index (χ1v) is 15.0. The molecule has 1 heterocycles. The molecule has 0 fully saturated rings. The van der Waals surface area contributed by atoms with E-state index in [-0.39, 0.29) is 0 Å². The van der Waals surface area contributed by atoms with Gasteiger partial charge in [-0.3, -0.25) is 0 Å². The first-order chi connectivity index (χ1) is 15.8. The van der Waals surface area contributed by atoms with Crippen LogP contribution in [0, 0.1) is 0 Å². The molecule has 0 aromatic rings. The van der Waals surface area contributed by atoms with Crippen molar-refractivity contribution in [3.8, 4) is 0 Å².